The molecule has 2 nitrogen and oxygen atoms in total. The molecule has 0 aliphatic carbocycles. The van der Waals surface area contributed by atoms with E-state index in [0.29, 0.717) is 6.04 Å². The van der Waals surface area contributed by atoms with Crippen LogP contribution >= 0.6 is 0 Å². The molecular weight excluding hydrogens is 196 g/mol. The topological polar surface area (TPSA) is 15.3 Å². The van der Waals surface area contributed by atoms with Gasteiger partial charge in [0.1, 0.15) is 0 Å². The van der Waals surface area contributed by atoms with Gasteiger partial charge >= 0.3 is 0 Å². The van der Waals surface area contributed by atoms with Gasteiger partial charge in [-0.1, -0.05) is 13.0 Å². The maximum Gasteiger partial charge on any atom is 0.0605 e. The zero-order valence-electron chi connectivity index (χ0n) is 10.2. The van der Waals surface area contributed by atoms with Crippen molar-refractivity contribution in [2.24, 2.45) is 5.92 Å². The predicted octanol–water partition coefficient (Wildman–Crippen LogP) is 3.03. The lowest BCUT2D eigenvalue weighted by molar-refractivity contribution is 0.367. The molecule has 1 N–H and O–H groups in total. The first-order valence-electron chi connectivity index (χ1n) is 6.35. The number of hydrogen-bond donors (Lipinski definition) is 1. The lowest BCUT2D eigenvalue weighted by Crippen LogP contribution is -2.48. The minimum atomic E-state index is 0.707. The molecule has 16 heavy (non-hydrogen) atoms. The second-order valence-electron chi connectivity index (χ2n) is 5.38. The van der Waals surface area contributed by atoms with Crippen LogP contribution in [0.2, 0.25) is 0 Å². The van der Waals surface area contributed by atoms with Crippen molar-refractivity contribution in [2.45, 2.75) is 32.7 Å². The molecule has 3 rings (SSSR count). The number of nitrogens with one attached hydrogen (secondary N) is 1. The Kier molecular flexibility index (Phi) is 2.31. The molecule has 0 amide bonds. The van der Waals surface area contributed by atoms with E-state index in [1.807, 2.05) is 0 Å². The summed E-state index contributed by atoms with van der Waals surface area (Å²) in [7, 11) is 0. The number of nitrogens with zero attached hydrogens (tertiary/aromatic N) is 1. The molecule has 1 fully saturated rings. The summed E-state index contributed by atoms with van der Waals surface area (Å²) in [5.74, 6) is 0.884. The number of piperidine rings is 1. The third-order valence-corrected chi connectivity index (χ3v) is 3.97. The molecule has 2 heterocycles. The van der Waals surface area contributed by atoms with E-state index in [9.17, 15) is 0 Å². The van der Waals surface area contributed by atoms with E-state index in [4.69, 9.17) is 0 Å². The second kappa shape index (κ2) is 3.69. The number of benzene rings is 1. The quantitative estimate of drug-likeness (QED) is 0.717. The van der Waals surface area contributed by atoms with Gasteiger partial charge in [-0.15, -0.1) is 0 Å². The van der Waals surface area contributed by atoms with Crippen LogP contribution in [-0.4, -0.2) is 19.1 Å². The molecule has 0 saturated carbocycles. The van der Waals surface area contributed by atoms with Gasteiger partial charge in [-0.25, -0.2) is 0 Å². The van der Waals surface area contributed by atoms with E-state index in [1.54, 1.807) is 0 Å². The molecule has 1 aromatic carbocycles. The molecule has 2 aliphatic heterocycles. The molecule has 0 radical (unpaired) electrons. The zero-order chi connectivity index (χ0) is 11.1. The molecule has 86 valence electrons. The van der Waals surface area contributed by atoms with Crippen LogP contribution in [0.4, 0.5) is 11.4 Å². The lowest BCUT2D eigenvalue weighted by atomic mass is 9.90. The Hall–Kier alpha value is -1.18. The largest absolute Gasteiger partial charge is 0.381 e. The van der Waals surface area contributed by atoms with Crippen LogP contribution in [-0.2, 0) is 0 Å². The Morgan fingerprint density at radius 2 is 2.25 bits per heavy atom. The summed E-state index contributed by atoms with van der Waals surface area (Å²) in [5.41, 5.74) is 4.08. The molecular formula is C14H20N2. The van der Waals surface area contributed by atoms with Crippen LogP contribution in [0.25, 0.3) is 0 Å². The average Bonchev–Trinajstić information content (AvgIpc) is 2.28. The Morgan fingerprint density at radius 1 is 1.38 bits per heavy atom. The summed E-state index contributed by atoms with van der Waals surface area (Å²) < 4.78 is 0. The third-order valence-electron chi connectivity index (χ3n) is 3.97. The summed E-state index contributed by atoms with van der Waals surface area (Å²) in [4.78, 5) is 2.60. The Balaban J connectivity index is 1.94. The van der Waals surface area contributed by atoms with Gasteiger partial charge in [0.25, 0.3) is 0 Å². The van der Waals surface area contributed by atoms with Crippen LogP contribution < -0.4 is 10.2 Å². The van der Waals surface area contributed by atoms with E-state index in [2.05, 4.69) is 42.3 Å². The number of fused-ring (bicyclic) bond motifs is 3. The summed E-state index contributed by atoms with van der Waals surface area (Å²) in [6.07, 6.45) is 2.67. The van der Waals surface area contributed by atoms with E-state index in [0.717, 1.165) is 12.5 Å². The van der Waals surface area contributed by atoms with Crippen LogP contribution in [0.1, 0.15) is 25.3 Å². The van der Waals surface area contributed by atoms with Gasteiger partial charge in [0, 0.05) is 19.1 Å². The maximum atomic E-state index is 3.58. The van der Waals surface area contributed by atoms with Gasteiger partial charge in [-0.2, -0.15) is 0 Å². The highest BCUT2D eigenvalue weighted by atomic mass is 15.2. The van der Waals surface area contributed by atoms with Gasteiger partial charge in [-0.05, 0) is 43.4 Å². The fourth-order valence-electron chi connectivity index (χ4n) is 3.03. The monoisotopic (exact) mass is 216 g/mol. The van der Waals surface area contributed by atoms with Crippen LogP contribution in [0.5, 0.6) is 0 Å². The second-order valence-corrected chi connectivity index (χ2v) is 5.38. The minimum Gasteiger partial charge on any atom is -0.381 e. The fraction of sp³-hybridized carbons (Fsp3) is 0.571. The maximum absolute atomic E-state index is 3.58. The first-order valence-corrected chi connectivity index (χ1v) is 6.35. The van der Waals surface area contributed by atoms with Gasteiger partial charge in [-0.3, -0.25) is 0 Å². The molecule has 2 unspecified atom stereocenters. The molecule has 2 aliphatic rings. The number of rotatable bonds is 0. The van der Waals surface area contributed by atoms with Gasteiger partial charge in [0.15, 0.2) is 0 Å². The number of anilines is 2. The molecule has 0 aromatic heterocycles. The van der Waals surface area contributed by atoms with Crippen molar-refractivity contribution in [1.82, 2.24) is 0 Å². The van der Waals surface area contributed by atoms with Crippen LogP contribution in [0, 0.1) is 12.8 Å². The highest BCUT2D eigenvalue weighted by Gasteiger charge is 2.30. The molecule has 1 aromatic rings. The van der Waals surface area contributed by atoms with E-state index >= 15 is 0 Å². The first-order chi connectivity index (χ1) is 7.74. The normalized spacial score (nSPS) is 28.0. The van der Waals surface area contributed by atoms with Crippen LogP contribution in [0.3, 0.4) is 0 Å². The molecule has 0 spiro atoms. The number of aryl methyl sites for hydroxylation is 1. The molecule has 2 heteroatoms. The zero-order valence-corrected chi connectivity index (χ0v) is 10.2. The van der Waals surface area contributed by atoms with E-state index < -0.39 is 0 Å². The van der Waals surface area contributed by atoms with Gasteiger partial charge in [0.05, 0.1) is 11.4 Å². The summed E-state index contributed by atoms with van der Waals surface area (Å²) >= 11 is 0. The van der Waals surface area contributed by atoms with Crippen molar-refractivity contribution in [3.05, 3.63) is 23.8 Å². The lowest BCUT2D eigenvalue weighted by Gasteiger charge is -2.44. The van der Waals surface area contributed by atoms with Gasteiger partial charge < -0.3 is 10.2 Å². The van der Waals surface area contributed by atoms with Crippen LogP contribution in [0.15, 0.2) is 18.2 Å². The summed E-state index contributed by atoms with van der Waals surface area (Å²) in [5, 5.41) is 3.58. The van der Waals surface area contributed by atoms with Crippen molar-refractivity contribution in [1.29, 1.82) is 0 Å². The molecule has 2 atom stereocenters. The first kappa shape index (κ1) is 10.0. The smallest absolute Gasteiger partial charge is 0.0605 e. The highest BCUT2D eigenvalue weighted by Crippen LogP contribution is 2.36. The standard InChI is InChI=1S/C14H20N2/c1-10-3-4-14-13(8-10)15-9-12-7-11(2)5-6-16(12)14/h3-4,8,11-12,15H,5-7,9H2,1-2H3. The van der Waals surface area contributed by atoms with E-state index in [-0.39, 0.29) is 0 Å². The minimum absolute atomic E-state index is 0.707. The Morgan fingerprint density at radius 3 is 3.12 bits per heavy atom. The average molecular weight is 216 g/mol. The summed E-state index contributed by atoms with van der Waals surface area (Å²) in [6.45, 7) is 6.87. The Bertz CT molecular complexity index is 400. The van der Waals surface area contributed by atoms with Crippen molar-refractivity contribution in [3.63, 3.8) is 0 Å². The van der Waals surface area contributed by atoms with Crippen molar-refractivity contribution in [3.8, 4) is 0 Å². The predicted molar refractivity (Wildman–Crippen MR) is 69.2 cm³/mol. The Labute approximate surface area is 97.6 Å². The van der Waals surface area contributed by atoms with Crippen molar-refractivity contribution >= 4 is 11.4 Å². The highest BCUT2D eigenvalue weighted by molar-refractivity contribution is 5.73. The van der Waals surface area contributed by atoms with Gasteiger partial charge in [0.2, 0.25) is 0 Å². The molecule has 1 saturated heterocycles. The number of hydrogen-bond acceptors (Lipinski definition) is 2. The SMILES string of the molecule is Cc1ccc2c(c1)NCC1CC(C)CCN21. The van der Waals surface area contributed by atoms with Crippen molar-refractivity contribution < 1.29 is 0 Å². The molecule has 0 bridgehead atoms. The third kappa shape index (κ3) is 1.57. The van der Waals surface area contributed by atoms with Crippen molar-refractivity contribution in [2.75, 3.05) is 23.3 Å². The van der Waals surface area contributed by atoms with E-state index in [1.165, 1.54) is 36.3 Å². The summed E-state index contributed by atoms with van der Waals surface area (Å²) in [6, 6.07) is 7.48. The fourth-order valence-corrected chi connectivity index (χ4v) is 3.03.